The lowest BCUT2D eigenvalue weighted by Gasteiger charge is -2.52. The van der Waals surface area contributed by atoms with E-state index < -0.39 is 12.3 Å². The molecule has 1 aromatic carbocycles. The van der Waals surface area contributed by atoms with E-state index in [2.05, 4.69) is 17.9 Å². The Morgan fingerprint density at radius 2 is 2.00 bits per heavy atom. The smallest absolute Gasteiger partial charge is 0.493 e. The molecule has 0 aromatic heterocycles. The van der Waals surface area contributed by atoms with Gasteiger partial charge in [-0.1, -0.05) is 25.8 Å². The average Bonchev–Trinajstić information content (AvgIpc) is 3.20. The second-order valence-corrected chi connectivity index (χ2v) is 10.5. The maximum absolute atomic E-state index is 13.1. The van der Waals surface area contributed by atoms with Gasteiger partial charge in [-0.3, -0.25) is 9.69 Å². The normalized spacial score (nSPS) is 30.0. The number of carbonyl (C=O) groups excluding carboxylic acids is 2. The maximum atomic E-state index is 13.1. The molecular weight excluding hydrogens is 434 g/mol. The van der Waals surface area contributed by atoms with E-state index in [1.54, 1.807) is 7.11 Å². The lowest BCUT2D eigenvalue weighted by atomic mass is 9.53. The van der Waals surface area contributed by atoms with Crippen LogP contribution in [-0.2, 0) is 26.1 Å². The molecule has 0 spiro atoms. The number of methoxy groups -OCH3 is 1. The van der Waals surface area contributed by atoms with Crippen molar-refractivity contribution in [2.45, 2.75) is 94.8 Å². The Morgan fingerprint density at radius 1 is 1.21 bits per heavy atom. The first-order valence-corrected chi connectivity index (χ1v) is 12.9. The van der Waals surface area contributed by atoms with Crippen LogP contribution >= 0.6 is 0 Å². The molecule has 4 atom stereocenters. The molecule has 1 aromatic rings. The quantitative estimate of drug-likeness (QED) is 0.419. The van der Waals surface area contributed by atoms with Crippen molar-refractivity contribution in [3.05, 3.63) is 23.3 Å². The summed E-state index contributed by atoms with van der Waals surface area (Å²) in [6.45, 7) is 2.34. The number of likely N-dealkylation sites (N-methyl/N-ethyl adjacent to an activating group) is 1. The third kappa shape index (κ3) is 3.76. The SMILES string of the molecule is CCC[C@]12c3c4ccc(OC)c3O[C@H]1C(=O)CC[C@H]2C(N(C)COC(=O)OC1CCCCC1)C4. The predicted octanol–water partition coefficient (Wildman–Crippen LogP) is 4.77. The lowest BCUT2D eigenvalue weighted by Crippen LogP contribution is -2.61. The Bertz CT molecular complexity index is 941. The second-order valence-electron chi connectivity index (χ2n) is 10.5. The molecule has 3 aliphatic carbocycles. The number of hydrogen-bond donors (Lipinski definition) is 0. The van der Waals surface area contributed by atoms with Gasteiger partial charge in [-0.2, -0.15) is 0 Å². The van der Waals surface area contributed by atoms with E-state index in [0.29, 0.717) is 12.2 Å². The van der Waals surface area contributed by atoms with Gasteiger partial charge in [-0.25, -0.2) is 4.79 Å². The molecule has 2 saturated carbocycles. The van der Waals surface area contributed by atoms with Gasteiger partial charge in [0.05, 0.1) is 7.11 Å². The van der Waals surface area contributed by atoms with Crippen LogP contribution in [-0.4, -0.2) is 56.0 Å². The molecule has 0 saturated heterocycles. The van der Waals surface area contributed by atoms with E-state index in [0.717, 1.165) is 57.1 Å². The Balaban J connectivity index is 1.39. The van der Waals surface area contributed by atoms with Crippen molar-refractivity contribution in [2.75, 3.05) is 20.9 Å². The van der Waals surface area contributed by atoms with E-state index >= 15 is 0 Å². The third-order valence-electron chi connectivity index (χ3n) is 8.58. The molecule has 0 amide bonds. The summed E-state index contributed by atoms with van der Waals surface area (Å²) in [6.07, 6.45) is 8.21. The molecule has 2 fully saturated rings. The molecular formula is C27H37NO6. The van der Waals surface area contributed by atoms with Crippen molar-refractivity contribution in [3.63, 3.8) is 0 Å². The van der Waals surface area contributed by atoms with Crippen molar-refractivity contribution < 1.29 is 28.5 Å². The summed E-state index contributed by atoms with van der Waals surface area (Å²) < 4.78 is 23.1. The molecule has 0 radical (unpaired) electrons. The molecule has 0 N–H and O–H groups in total. The van der Waals surface area contributed by atoms with Crippen molar-refractivity contribution in [1.29, 1.82) is 0 Å². The van der Waals surface area contributed by atoms with E-state index in [1.165, 1.54) is 17.5 Å². The third-order valence-corrected chi connectivity index (χ3v) is 8.58. The Kier molecular flexibility index (Phi) is 6.49. The standard InChI is InChI=1S/C27H37NO6/c1-4-14-27-19-11-12-21(29)25(27)34-24-22(31-3)13-10-17(23(24)27)15-20(19)28(2)16-32-26(30)33-18-8-6-5-7-9-18/h10,13,18-20,25H,4-9,11-12,14-16H2,1-3H3/t19-,20?,25-,27-/m0/s1. The minimum Gasteiger partial charge on any atom is -0.493 e. The molecule has 1 heterocycles. The summed E-state index contributed by atoms with van der Waals surface area (Å²) in [5.74, 6) is 1.88. The van der Waals surface area contributed by atoms with E-state index in [1.807, 2.05) is 13.1 Å². The topological polar surface area (TPSA) is 74.3 Å². The zero-order valence-electron chi connectivity index (χ0n) is 20.6. The van der Waals surface area contributed by atoms with Crippen molar-refractivity contribution in [3.8, 4) is 11.5 Å². The summed E-state index contributed by atoms with van der Waals surface area (Å²) >= 11 is 0. The van der Waals surface area contributed by atoms with Gasteiger partial charge in [0.1, 0.15) is 12.8 Å². The van der Waals surface area contributed by atoms with Crippen LogP contribution in [0.5, 0.6) is 11.5 Å². The van der Waals surface area contributed by atoms with Gasteiger partial charge >= 0.3 is 6.16 Å². The molecule has 186 valence electrons. The lowest BCUT2D eigenvalue weighted by molar-refractivity contribution is -0.136. The molecule has 7 nitrogen and oxygen atoms in total. The predicted molar refractivity (Wildman–Crippen MR) is 126 cm³/mol. The van der Waals surface area contributed by atoms with E-state index in [9.17, 15) is 9.59 Å². The number of benzene rings is 1. The minimum absolute atomic E-state index is 0.0184. The van der Waals surface area contributed by atoms with E-state index in [-0.39, 0.29) is 36.0 Å². The number of rotatable bonds is 7. The van der Waals surface area contributed by atoms with Crippen LogP contribution in [0.3, 0.4) is 0 Å². The second kappa shape index (κ2) is 9.40. The van der Waals surface area contributed by atoms with Gasteiger partial charge in [-0.15, -0.1) is 0 Å². The van der Waals surface area contributed by atoms with Crippen molar-refractivity contribution in [1.82, 2.24) is 4.90 Å². The van der Waals surface area contributed by atoms with Crippen LogP contribution in [0.4, 0.5) is 4.79 Å². The number of carbonyl (C=O) groups is 2. The molecule has 34 heavy (non-hydrogen) atoms. The number of nitrogens with zero attached hydrogens (tertiary/aromatic N) is 1. The molecule has 0 bridgehead atoms. The first-order valence-electron chi connectivity index (χ1n) is 12.9. The van der Waals surface area contributed by atoms with Gasteiger partial charge in [0, 0.05) is 23.4 Å². The summed E-state index contributed by atoms with van der Waals surface area (Å²) in [7, 11) is 3.66. The first kappa shape index (κ1) is 23.5. The zero-order chi connectivity index (χ0) is 23.9. The van der Waals surface area contributed by atoms with Crippen LogP contribution in [0, 0.1) is 5.92 Å². The fourth-order valence-corrected chi connectivity index (χ4v) is 7.16. The minimum atomic E-state index is -0.578. The molecule has 5 rings (SSSR count). The van der Waals surface area contributed by atoms with Crippen LogP contribution < -0.4 is 9.47 Å². The molecule has 7 heteroatoms. The van der Waals surface area contributed by atoms with Crippen LogP contribution in [0.15, 0.2) is 12.1 Å². The zero-order valence-corrected chi connectivity index (χ0v) is 20.6. The number of ketones is 1. The summed E-state index contributed by atoms with van der Waals surface area (Å²) in [5.41, 5.74) is 2.03. The van der Waals surface area contributed by atoms with Crippen molar-refractivity contribution in [2.24, 2.45) is 5.92 Å². The monoisotopic (exact) mass is 471 g/mol. The molecule has 1 aliphatic heterocycles. The average molecular weight is 472 g/mol. The largest absolute Gasteiger partial charge is 0.509 e. The van der Waals surface area contributed by atoms with Crippen LogP contribution in [0.25, 0.3) is 0 Å². The number of hydrogen-bond acceptors (Lipinski definition) is 7. The summed E-state index contributed by atoms with van der Waals surface area (Å²) in [4.78, 5) is 27.6. The maximum Gasteiger partial charge on any atom is 0.509 e. The highest BCUT2D eigenvalue weighted by molar-refractivity contribution is 5.89. The number of ether oxygens (including phenoxy) is 4. The summed E-state index contributed by atoms with van der Waals surface area (Å²) in [5, 5.41) is 0. The Morgan fingerprint density at radius 3 is 2.74 bits per heavy atom. The fraction of sp³-hybridized carbons (Fsp3) is 0.704. The van der Waals surface area contributed by atoms with Gasteiger partial charge in [0.2, 0.25) is 0 Å². The van der Waals surface area contributed by atoms with Crippen LogP contribution in [0.1, 0.15) is 75.8 Å². The van der Waals surface area contributed by atoms with Gasteiger partial charge in [0.25, 0.3) is 0 Å². The highest BCUT2D eigenvalue weighted by atomic mass is 16.7. The van der Waals surface area contributed by atoms with Gasteiger partial charge < -0.3 is 18.9 Å². The number of Topliss-reactive ketones (excluding diaryl/α,β-unsaturated/α-hetero) is 1. The van der Waals surface area contributed by atoms with Gasteiger partial charge in [-0.05, 0) is 69.5 Å². The molecule has 1 unspecified atom stereocenters. The van der Waals surface area contributed by atoms with Gasteiger partial charge in [0.15, 0.2) is 23.4 Å². The van der Waals surface area contributed by atoms with Crippen LogP contribution in [0.2, 0.25) is 0 Å². The fourth-order valence-electron chi connectivity index (χ4n) is 7.16. The highest BCUT2D eigenvalue weighted by Crippen LogP contribution is 2.61. The van der Waals surface area contributed by atoms with Crippen molar-refractivity contribution >= 4 is 11.9 Å². The highest BCUT2D eigenvalue weighted by Gasteiger charge is 2.63. The Labute approximate surface area is 202 Å². The molecule has 4 aliphatic rings. The van der Waals surface area contributed by atoms with E-state index in [4.69, 9.17) is 18.9 Å². The Hall–Kier alpha value is -2.28. The first-order chi connectivity index (χ1) is 16.5. The summed E-state index contributed by atoms with van der Waals surface area (Å²) in [6, 6.07) is 4.21.